The molecule has 2 amide bonds. The number of aromatic nitrogens is 1. The van der Waals surface area contributed by atoms with Crippen LogP contribution in [-0.2, 0) is 6.54 Å². The fraction of sp³-hybridized carbons (Fsp3) is 0.414. The molecule has 0 spiro atoms. The monoisotopic (exact) mass is 504 g/mol. The first kappa shape index (κ1) is 26.6. The van der Waals surface area contributed by atoms with Crippen molar-refractivity contribution in [3.05, 3.63) is 75.1 Å². The second-order valence-electron chi connectivity index (χ2n) is 9.83. The lowest BCUT2D eigenvalue weighted by molar-refractivity contribution is 0.0942. The average Bonchev–Trinajstić information content (AvgIpc) is 2.91. The molecule has 1 saturated heterocycles. The van der Waals surface area contributed by atoms with Crippen LogP contribution < -0.4 is 15.8 Å². The van der Waals surface area contributed by atoms with Crippen LogP contribution in [0.15, 0.2) is 47.3 Å². The predicted octanol–water partition coefficient (Wildman–Crippen LogP) is 3.14. The van der Waals surface area contributed by atoms with E-state index in [1.807, 2.05) is 38.1 Å². The van der Waals surface area contributed by atoms with E-state index in [0.717, 1.165) is 48.0 Å². The number of rotatable bonds is 7. The number of fused-ring (bicyclic) bond motifs is 1. The van der Waals surface area contributed by atoms with Gasteiger partial charge in [-0.15, -0.1) is 0 Å². The summed E-state index contributed by atoms with van der Waals surface area (Å²) in [5, 5.41) is 12.6. The zero-order chi connectivity index (χ0) is 26.7. The van der Waals surface area contributed by atoms with Crippen LogP contribution in [0.1, 0.15) is 57.5 Å². The van der Waals surface area contributed by atoms with Crippen molar-refractivity contribution < 1.29 is 14.7 Å². The zero-order valence-electron chi connectivity index (χ0n) is 22.1. The van der Waals surface area contributed by atoms with E-state index in [0.29, 0.717) is 23.4 Å². The molecule has 0 radical (unpaired) electrons. The van der Waals surface area contributed by atoms with Gasteiger partial charge in [0, 0.05) is 48.4 Å². The van der Waals surface area contributed by atoms with Gasteiger partial charge in [-0.25, -0.2) is 0 Å². The van der Waals surface area contributed by atoms with Crippen LogP contribution in [0.5, 0.6) is 0 Å². The number of aryl methyl sites for hydroxylation is 2. The summed E-state index contributed by atoms with van der Waals surface area (Å²) in [4.78, 5) is 42.9. The molecule has 1 aromatic heterocycles. The number of anilines is 1. The topological polar surface area (TPSA) is 94.9 Å². The van der Waals surface area contributed by atoms with E-state index < -0.39 is 0 Å². The Morgan fingerprint density at radius 1 is 1.11 bits per heavy atom. The molecule has 3 aromatic rings. The summed E-state index contributed by atoms with van der Waals surface area (Å²) in [7, 11) is 3.81. The molecule has 0 saturated carbocycles. The summed E-state index contributed by atoms with van der Waals surface area (Å²) in [5.74, 6) is -0.214. The van der Waals surface area contributed by atoms with E-state index in [1.165, 1.54) is 4.90 Å². The number of hydrogen-bond donors (Lipinski definition) is 2. The van der Waals surface area contributed by atoms with Gasteiger partial charge in [0.2, 0.25) is 0 Å². The van der Waals surface area contributed by atoms with Crippen LogP contribution in [0, 0.1) is 6.92 Å². The van der Waals surface area contributed by atoms with Gasteiger partial charge in [0.15, 0.2) is 0 Å². The number of aliphatic hydroxyl groups excluding tert-OH is 1. The number of carbonyl (C=O) groups excluding carboxylic acids is 2. The number of benzene rings is 2. The van der Waals surface area contributed by atoms with Gasteiger partial charge in [-0.3, -0.25) is 14.4 Å². The number of aliphatic hydroxyl groups is 1. The first-order valence-electron chi connectivity index (χ1n) is 12.9. The highest BCUT2D eigenvalue weighted by Crippen LogP contribution is 2.33. The number of amides is 2. The molecule has 37 heavy (non-hydrogen) atoms. The number of piperidine rings is 1. The smallest absolute Gasteiger partial charge is 0.258 e. The minimum atomic E-state index is -0.291. The van der Waals surface area contributed by atoms with Gasteiger partial charge in [0.1, 0.15) is 0 Å². The highest BCUT2D eigenvalue weighted by atomic mass is 16.3. The Kier molecular flexibility index (Phi) is 8.10. The average molecular weight is 505 g/mol. The largest absolute Gasteiger partial charge is 0.395 e. The third kappa shape index (κ3) is 5.45. The molecule has 4 rings (SSSR count). The Morgan fingerprint density at radius 2 is 1.84 bits per heavy atom. The van der Waals surface area contributed by atoms with Gasteiger partial charge >= 0.3 is 0 Å². The lowest BCUT2D eigenvalue weighted by atomic mass is 9.87. The number of nitrogens with zero attached hydrogens (tertiary/aromatic N) is 3. The van der Waals surface area contributed by atoms with Gasteiger partial charge in [-0.1, -0.05) is 6.07 Å². The van der Waals surface area contributed by atoms with E-state index >= 15 is 0 Å². The van der Waals surface area contributed by atoms with Crippen molar-refractivity contribution in [3.8, 4) is 0 Å². The second kappa shape index (κ2) is 11.3. The van der Waals surface area contributed by atoms with Crippen molar-refractivity contribution in [2.45, 2.75) is 39.2 Å². The molecule has 1 aliphatic heterocycles. The molecule has 1 aliphatic rings. The van der Waals surface area contributed by atoms with Gasteiger partial charge in [-0.2, -0.15) is 0 Å². The van der Waals surface area contributed by atoms with Gasteiger partial charge in [0.25, 0.3) is 17.4 Å². The molecule has 8 nitrogen and oxygen atoms in total. The Labute approximate surface area is 217 Å². The molecular weight excluding hydrogens is 468 g/mol. The molecule has 0 bridgehead atoms. The molecule has 8 heteroatoms. The Hall–Kier alpha value is -3.49. The number of pyridine rings is 1. The van der Waals surface area contributed by atoms with Crippen LogP contribution in [0.3, 0.4) is 0 Å². The van der Waals surface area contributed by atoms with Gasteiger partial charge in [0.05, 0.1) is 12.1 Å². The van der Waals surface area contributed by atoms with E-state index in [-0.39, 0.29) is 36.4 Å². The van der Waals surface area contributed by atoms with E-state index in [9.17, 15) is 14.4 Å². The normalized spacial score (nSPS) is 14.6. The molecule has 2 heterocycles. The summed E-state index contributed by atoms with van der Waals surface area (Å²) >= 11 is 0. The molecule has 2 aromatic carbocycles. The van der Waals surface area contributed by atoms with Crippen molar-refractivity contribution in [3.63, 3.8) is 0 Å². The first-order chi connectivity index (χ1) is 17.7. The Morgan fingerprint density at radius 3 is 2.51 bits per heavy atom. The minimum Gasteiger partial charge on any atom is -0.395 e. The van der Waals surface area contributed by atoms with E-state index in [1.54, 1.807) is 29.8 Å². The molecule has 2 N–H and O–H groups in total. The number of carbonyl (C=O) groups is 2. The highest BCUT2D eigenvalue weighted by molar-refractivity contribution is 6.08. The summed E-state index contributed by atoms with van der Waals surface area (Å²) in [5.41, 5.74) is 4.23. The molecule has 196 valence electrons. The number of likely N-dealkylation sites (tertiary alicyclic amines) is 1. The number of nitrogens with one attached hydrogen (secondary N) is 1. The first-order valence-corrected chi connectivity index (χ1v) is 12.9. The van der Waals surface area contributed by atoms with Gasteiger partial charge < -0.3 is 24.8 Å². The fourth-order valence-corrected chi connectivity index (χ4v) is 5.17. The molecular formula is C29H36N4O4. The van der Waals surface area contributed by atoms with Crippen molar-refractivity contribution >= 4 is 28.4 Å². The lowest BCUT2D eigenvalue weighted by Gasteiger charge is -2.30. The molecule has 0 atom stereocenters. The summed E-state index contributed by atoms with van der Waals surface area (Å²) < 4.78 is 1.75. The standard InChI is InChI=1S/C29H36N4O4/c1-5-33-26-9-7-21(16-25(26)24(18-27(33)35)20-10-13-31(3)14-11-20)29(37)32(4)22-8-6-19(2)23(17-22)28(36)30-12-15-34/h6-9,16-18,20,34H,5,10-15H2,1-4H3,(H,30,36). The molecule has 1 fully saturated rings. The maximum atomic E-state index is 13.6. The van der Waals surface area contributed by atoms with Crippen molar-refractivity contribution in [1.29, 1.82) is 0 Å². The summed E-state index contributed by atoms with van der Waals surface area (Å²) in [6, 6.07) is 12.6. The van der Waals surface area contributed by atoms with Crippen molar-refractivity contribution in [2.24, 2.45) is 0 Å². The van der Waals surface area contributed by atoms with E-state index in [2.05, 4.69) is 17.3 Å². The Bertz CT molecular complexity index is 1370. The quantitative estimate of drug-likeness (QED) is 0.516. The van der Waals surface area contributed by atoms with Crippen LogP contribution in [-0.4, -0.2) is 66.7 Å². The third-order valence-electron chi connectivity index (χ3n) is 7.42. The van der Waals surface area contributed by atoms with Crippen LogP contribution in [0.4, 0.5) is 5.69 Å². The third-order valence-corrected chi connectivity index (χ3v) is 7.42. The fourth-order valence-electron chi connectivity index (χ4n) is 5.17. The molecule has 0 unspecified atom stereocenters. The number of hydrogen-bond acceptors (Lipinski definition) is 5. The van der Waals surface area contributed by atoms with Gasteiger partial charge in [-0.05, 0) is 94.2 Å². The Balaban J connectivity index is 1.72. The highest BCUT2D eigenvalue weighted by Gasteiger charge is 2.23. The zero-order valence-corrected chi connectivity index (χ0v) is 22.1. The second-order valence-corrected chi connectivity index (χ2v) is 9.83. The molecule has 0 aliphatic carbocycles. The van der Waals surface area contributed by atoms with Crippen LogP contribution in [0.25, 0.3) is 10.9 Å². The predicted molar refractivity (Wildman–Crippen MR) is 147 cm³/mol. The summed E-state index contributed by atoms with van der Waals surface area (Å²) in [6.07, 6.45) is 1.95. The summed E-state index contributed by atoms with van der Waals surface area (Å²) in [6.45, 7) is 6.32. The van der Waals surface area contributed by atoms with Crippen molar-refractivity contribution in [2.75, 3.05) is 45.2 Å². The maximum Gasteiger partial charge on any atom is 0.258 e. The van der Waals surface area contributed by atoms with Crippen LogP contribution in [0.2, 0.25) is 0 Å². The maximum absolute atomic E-state index is 13.6. The van der Waals surface area contributed by atoms with Crippen LogP contribution >= 0.6 is 0 Å². The lowest BCUT2D eigenvalue weighted by Crippen LogP contribution is -2.30. The SMILES string of the molecule is CCn1c(=O)cc(C2CCN(C)CC2)c2cc(C(=O)N(C)c3ccc(C)c(C(=O)NCCO)c3)ccc21. The van der Waals surface area contributed by atoms with Crippen molar-refractivity contribution in [1.82, 2.24) is 14.8 Å². The minimum absolute atomic E-state index is 0.00761. The van der Waals surface area contributed by atoms with E-state index in [4.69, 9.17) is 5.11 Å².